The topological polar surface area (TPSA) is 71.0 Å². The van der Waals surface area contributed by atoms with E-state index in [9.17, 15) is 9.90 Å². The van der Waals surface area contributed by atoms with Crippen LogP contribution in [0.3, 0.4) is 0 Å². The Balaban J connectivity index is 1.92. The van der Waals surface area contributed by atoms with E-state index < -0.39 is 6.10 Å². The fourth-order valence-corrected chi connectivity index (χ4v) is 3.00. The summed E-state index contributed by atoms with van der Waals surface area (Å²) in [5.41, 5.74) is 0.455. The molecule has 1 fully saturated rings. The Kier molecular flexibility index (Phi) is 8.19. The lowest BCUT2D eigenvalue weighted by Gasteiger charge is -2.28. The lowest BCUT2D eigenvalue weighted by molar-refractivity contribution is 0.0827. The molecule has 6 nitrogen and oxygen atoms in total. The van der Waals surface area contributed by atoms with E-state index in [2.05, 4.69) is 24.1 Å². The van der Waals surface area contributed by atoms with Crippen LogP contribution in [0.2, 0.25) is 0 Å². The molecule has 1 aromatic carbocycles. The molecule has 1 aromatic rings. The van der Waals surface area contributed by atoms with Gasteiger partial charge >= 0.3 is 0 Å². The van der Waals surface area contributed by atoms with E-state index >= 15 is 0 Å². The monoisotopic (exact) mass is 364 g/mol. The van der Waals surface area contributed by atoms with Gasteiger partial charge in [-0.2, -0.15) is 0 Å². The lowest BCUT2D eigenvalue weighted by atomic mass is 10.1. The second-order valence-electron chi connectivity index (χ2n) is 7.29. The van der Waals surface area contributed by atoms with Gasteiger partial charge in [0.2, 0.25) is 0 Å². The van der Waals surface area contributed by atoms with E-state index in [0.29, 0.717) is 36.1 Å². The summed E-state index contributed by atoms with van der Waals surface area (Å²) in [6.07, 6.45) is 3.05. The van der Waals surface area contributed by atoms with Crippen molar-refractivity contribution in [3.8, 4) is 11.5 Å². The van der Waals surface area contributed by atoms with Crippen LogP contribution in [0.5, 0.6) is 11.5 Å². The van der Waals surface area contributed by atoms with Gasteiger partial charge in [-0.25, -0.2) is 0 Å². The van der Waals surface area contributed by atoms with Gasteiger partial charge in [0.1, 0.15) is 11.5 Å². The van der Waals surface area contributed by atoms with Gasteiger partial charge in [-0.15, -0.1) is 0 Å². The minimum absolute atomic E-state index is 0.227. The van der Waals surface area contributed by atoms with Crippen molar-refractivity contribution in [3.63, 3.8) is 0 Å². The molecule has 1 saturated heterocycles. The third kappa shape index (κ3) is 6.50. The molecule has 6 heteroatoms. The largest absolute Gasteiger partial charge is 0.497 e. The number of likely N-dealkylation sites (tertiary alicyclic amines) is 1. The number of carbonyl (C=O) groups excluding carboxylic acids is 1. The average molecular weight is 364 g/mol. The predicted octanol–water partition coefficient (Wildman–Crippen LogP) is 2.31. The number of carbonyl (C=O) groups is 1. The maximum atomic E-state index is 12.5. The first-order valence-corrected chi connectivity index (χ1v) is 9.49. The Morgan fingerprint density at radius 2 is 2.00 bits per heavy atom. The zero-order valence-corrected chi connectivity index (χ0v) is 16.2. The molecular weight excluding hydrogens is 332 g/mol. The Morgan fingerprint density at radius 3 is 2.65 bits per heavy atom. The molecule has 146 valence electrons. The van der Waals surface area contributed by atoms with E-state index in [4.69, 9.17) is 9.47 Å². The molecule has 0 spiro atoms. The summed E-state index contributed by atoms with van der Waals surface area (Å²) >= 11 is 0. The number of rotatable bonds is 9. The van der Waals surface area contributed by atoms with Crippen LogP contribution in [0.15, 0.2) is 18.2 Å². The summed E-state index contributed by atoms with van der Waals surface area (Å²) < 4.78 is 11.0. The molecule has 1 amide bonds. The van der Waals surface area contributed by atoms with Crippen molar-refractivity contribution in [1.82, 2.24) is 10.2 Å². The Bertz CT molecular complexity index is 571. The van der Waals surface area contributed by atoms with Crippen LogP contribution < -0.4 is 14.8 Å². The zero-order chi connectivity index (χ0) is 18.9. The number of nitrogens with zero attached hydrogens (tertiary/aromatic N) is 1. The molecule has 0 saturated carbocycles. The van der Waals surface area contributed by atoms with Crippen LogP contribution in [-0.4, -0.2) is 61.9 Å². The standard InChI is InChI=1S/C20H32N2O4/c1-15(2)14-26-19-11-17(25-3)7-8-18(19)20(24)21-12-16(23)13-22-9-5-4-6-10-22/h7-8,11,15-16,23H,4-6,9-10,12-14H2,1-3H3,(H,21,24)/t16-/m0/s1. The maximum absolute atomic E-state index is 12.5. The molecule has 2 N–H and O–H groups in total. The highest BCUT2D eigenvalue weighted by Crippen LogP contribution is 2.25. The molecule has 0 aliphatic carbocycles. The van der Waals surface area contributed by atoms with E-state index in [0.717, 1.165) is 13.1 Å². The van der Waals surface area contributed by atoms with Crippen LogP contribution in [0, 0.1) is 5.92 Å². The highest BCUT2D eigenvalue weighted by atomic mass is 16.5. The average Bonchev–Trinajstić information content (AvgIpc) is 2.65. The van der Waals surface area contributed by atoms with E-state index in [1.807, 2.05) is 0 Å². The van der Waals surface area contributed by atoms with Crippen LogP contribution in [0.25, 0.3) is 0 Å². The third-order valence-corrected chi connectivity index (χ3v) is 4.42. The molecule has 0 aromatic heterocycles. The fraction of sp³-hybridized carbons (Fsp3) is 0.650. The molecular formula is C20H32N2O4. The molecule has 1 atom stereocenters. The second-order valence-corrected chi connectivity index (χ2v) is 7.29. The molecule has 0 radical (unpaired) electrons. The number of ether oxygens (including phenoxy) is 2. The van der Waals surface area contributed by atoms with E-state index in [1.165, 1.54) is 19.3 Å². The van der Waals surface area contributed by atoms with Crippen molar-refractivity contribution in [3.05, 3.63) is 23.8 Å². The Hall–Kier alpha value is -1.79. The van der Waals surface area contributed by atoms with Gasteiger partial charge in [-0.05, 0) is 44.0 Å². The van der Waals surface area contributed by atoms with Crippen LogP contribution in [0.4, 0.5) is 0 Å². The molecule has 1 heterocycles. The lowest BCUT2D eigenvalue weighted by Crippen LogP contribution is -2.42. The highest BCUT2D eigenvalue weighted by Gasteiger charge is 2.18. The van der Waals surface area contributed by atoms with Gasteiger partial charge in [-0.3, -0.25) is 4.79 Å². The molecule has 0 bridgehead atoms. The first-order chi connectivity index (χ1) is 12.5. The Morgan fingerprint density at radius 1 is 1.27 bits per heavy atom. The van der Waals surface area contributed by atoms with Gasteiger partial charge in [0.05, 0.1) is 25.4 Å². The van der Waals surface area contributed by atoms with Gasteiger partial charge in [0.25, 0.3) is 5.91 Å². The van der Waals surface area contributed by atoms with Crippen molar-refractivity contribution in [1.29, 1.82) is 0 Å². The van der Waals surface area contributed by atoms with Crippen molar-refractivity contribution < 1.29 is 19.4 Å². The van der Waals surface area contributed by atoms with E-state index in [1.54, 1.807) is 25.3 Å². The zero-order valence-electron chi connectivity index (χ0n) is 16.2. The molecule has 26 heavy (non-hydrogen) atoms. The van der Waals surface area contributed by atoms with Gasteiger partial charge in [-0.1, -0.05) is 20.3 Å². The maximum Gasteiger partial charge on any atom is 0.255 e. The molecule has 1 aliphatic heterocycles. The van der Waals surface area contributed by atoms with Crippen molar-refractivity contribution in [2.45, 2.75) is 39.2 Å². The summed E-state index contributed by atoms with van der Waals surface area (Å²) in [4.78, 5) is 14.8. The number of piperidine rings is 1. The number of hydrogen-bond donors (Lipinski definition) is 2. The Labute approximate surface area is 156 Å². The summed E-state index contributed by atoms with van der Waals surface area (Å²) in [5, 5.41) is 13.0. The number of aliphatic hydroxyl groups excluding tert-OH is 1. The quantitative estimate of drug-likeness (QED) is 0.704. The van der Waals surface area contributed by atoms with Crippen molar-refractivity contribution >= 4 is 5.91 Å². The first-order valence-electron chi connectivity index (χ1n) is 9.49. The van der Waals surface area contributed by atoms with Gasteiger partial charge < -0.3 is 24.8 Å². The molecule has 1 aliphatic rings. The minimum atomic E-state index is -0.574. The summed E-state index contributed by atoms with van der Waals surface area (Å²) in [6, 6.07) is 5.16. The SMILES string of the molecule is COc1ccc(C(=O)NC[C@H](O)CN2CCCCC2)c(OCC(C)C)c1. The van der Waals surface area contributed by atoms with Gasteiger partial charge in [0, 0.05) is 19.2 Å². The van der Waals surface area contributed by atoms with Crippen LogP contribution >= 0.6 is 0 Å². The number of benzene rings is 1. The molecule has 2 rings (SSSR count). The van der Waals surface area contributed by atoms with E-state index in [-0.39, 0.29) is 12.5 Å². The fourth-order valence-electron chi connectivity index (χ4n) is 3.00. The number of amides is 1. The number of aliphatic hydroxyl groups is 1. The summed E-state index contributed by atoms with van der Waals surface area (Å²) in [5.74, 6) is 1.25. The number of methoxy groups -OCH3 is 1. The van der Waals surface area contributed by atoms with Crippen LogP contribution in [0.1, 0.15) is 43.5 Å². The van der Waals surface area contributed by atoms with Gasteiger partial charge in [0.15, 0.2) is 0 Å². The van der Waals surface area contributed by atoms with Crippen molar-refractivity contribution in [2.24, 2.45) is 5.92 Å². The number of β-amino-alcohol motifs (C(OH)–C–C–N with tert-alkyl or cyclic N) is 1. The predicted molar refractivity (Wildman–Crippen MR) is 102 cm³/mol. The first kappa shape index (κ1) is 20.5. The minimum Gasteiger partial charge on any atom is -0.497 e. The second kappa shape index (κ2) is 10.4. The third-order valence-electron chi connectivity index (χ3n) is 4.42. The highest BCUT2D eigenvalue weighted by molar-refractivity contribution is 5.97. The van der Waals surface area contributed by atoms with Crippen molar-refractivity contribution in [2.75, 3.05) is 39.9 Å². The van der Waals surface area contributed by atoms with Crippen LogP contribution in [-0.2, 0) is 0 Å². The number of hydrogen-bond acceptors (Lipinski definition) is 5. The summed E-state index contributed by atoms with van der Waals surface area (Å²) in [6.45, 7) is 7.50. The number of nitrogens with one attached hydrogen (secondary N) is 1. The molecule has 0 unspecified atom stereocenters. The smallest absolute Gasteiger partial charge is 0.255 e. The summed E-state index contributed by atoms with van der Waals surface area (Å²) in [7, 11) is 1.58. The normalized spacial score (nSPS) is 16.3.